The second kappa shape index (κ2) is 6.80. The van der Waals surface area contributed by atoms with Crippen LogP contribution in [0.5, 0.6) is 0 Å². The quantitative estimate of drug-likeness (QED) is 0.570. The number of hydrogen-bond donors (Lipinski definition) is 3. The molecule has 0 bridgehead atoms. The predicted molar refractivity (Wildman–Crippen MR) is 71.4 cm³/mol. The first kappa shape index (κ1) is 14.2. The molecule has 0 radical (unpaired) electrons. The molecule has 7 heteroatoms. The van der Waals surface area contributed by atoms with Crippen LogP contribution in [0.2, 0.25) is 5.02 Å². The summed E-state index contributed by atoms with van der Waals surface area (Å²) in [4.78, 5) is 19.1. The lowest BCUT2D eigenvalue weighted by Gasteiger charge is -2.12. The number of pyridine rings is 1. The van der Waals surface area contributed by atoms with Crippen LogP contribution in [0, 0.1) is 0 Å². The van der Waals surface area contributed by atoms with E-state index >= 15 is 0 Å². The van der Waals surface area contributed by atoms with Gasteiger partial charge in [-0.1, -0.05) is 11.6 Å². The van der Waals surface area contributed by atoms with E-state index in [4.69, 9.17) is 17.3 Å². The van der Waals surface area contributed by atoms with Crippen LogP contribution in [0.1, 0.15) is 19.5 Å². The molecule has 0 aliphatic carbocycles. The molecule has 0 fully saturated rings. The van der Waals surface area contributed by atoms with E-state index in [1.807, 2.05) is 13.8 Å². The number of amides is 2. The Hall–Kier alpha value is -1.82. The Morgan fingerprint density at radius 3 is 2.89 bits per heavy atom. The largest absolute Gasteiger partial charge is 0.354 e. The van der Waals surface area contributed by atoms with E-state index in [2.05, 4.69) is 20.6 Å². The second-order valence-corrected chi connectivity index (χ2v) is 4.29. The number of aliphatic imine (C=N–C) groups is 1. The number of guanidine groups is 1. The molecule has 0 spiro atoms. The lowest BCUT2D eigenvalue weighted by Crippen LogP contribution is -2.46. The molecule has 1 heterocycles. The van der Waals surface area contributed by atoms with E-state index in [9.17, 15) is 4.79 Å². The van der Waals surface area contributed by atoms with E-state index in [1.165, 1.54) is 0 Å². The highest BCUT2D eigenvalue weighted by Gasteiger charge is 2.05. The Labute approximate surface area is 111 Å². The lowest BCUT2D eigenvalue weighted by molar-refractivity contribution is 0.252. The van der Waals surface area contributed by atoms with Crippen molar-refractivity contribution in [1.29, 1.82) is 0 Å². The fourth-order valence-corrected chi connectivity index (χ4v) is 1.38. The number of carbonyl (C=O) groups is 1. The number of primary amides is 1. The van der Waals surface area contributed by atoms with E-state index in [0.29, 0.717) is 16.7 Å². The highest BCUT2D eigenvalue weighted by Crippen LogP contribution is 2.12. The van der Waals surface area contributed by atoms with Gasteiger partial charge in [0.05, 0.1) is 17.3 Å². The first-order valence-corrected chi connectivity index (χ1v) is 5.83. The minimum Gasteiger partial charge on any atom is -0.354 e. The van der Waals surface area contributed by atoms with Crippen LogP contribution in [0.4, 0.5) is 4.79 Å². The molecule has 0 atom stereocenters. The van der Waals surface area contributed by atoms with Gasteiger partial charge in [0.15, 0.2) is 5.96 Å². The molecule has 2 amide bonds. The molecular weight excluding hydrogens is 254 g/mol. The van der Waals surface area contributed by atoms with Gasteiger partial charge in [-0.3, -0.25) is 10.3 Å². The van der Waals surface area contributed by atoms with Gasteiger partial charge >= 0.3 is 6.03 Å². The molecule has 1 aromatic rings. The Balaban J connectivity index is 2.76. The maximum atomic E-state index is 10.8. The topological polar surface area (TPSA) is 92.4 Å². The van der Waals surface area contributed by atoms with Crippen LogP contribution in [-0.2, 0) is 6.54 Å². The van der Waals surface area contributed by atoms with Crippen molar-refractivity contribution in [3.63, 3.8) is 0 Å². The lowest BCUT2D eigenvalue weighted by atomic mass is 10.3. The molecule has 0 unspecified atom stereocenters. The van der Waals surface area contributed by atoms with Gasteiger partial charge < -0.3 is 11.1 Å². The van der Waals surface area contributed by atoms with Crippen molar-refractivity contribution >= 4 is 23.6 Å². The molecule has 6 nitrogen and oxygen atoms in total. The molecular formula is C11H16ClN5O. The molecule has 18 heavy (non-hydrogen) atoms. The fourth-order valence-electron chi connectivity index (χ4n) is 1.20. The van der Waals surface area contributed by atoms with Crippen LogP contribution < -0.4 is 16.4 Å². The normalized spacial score (nSPS) is 11.4. The standard InChI is InChI=1S/C11H16ClN5O/c1-7(2)16-11(17-10(13)18)15-6-9-8(12)4-3-5-14-9/h3-5,7H,6H2,1-2H3,(H4,13,15,16,17,18). The van der Waals surface area contributed by atoms with Crippen molar-refractivity contribution in [2.75, 3.05) is 0 Å². The van der Waals surface area contributed by atoms with E-state index in [1.54, 1.807) is 18.3 Å². The monoisotopic (exact) mass is 269 g/mol. The number of urea groups is 1. The third-order valence-electron chi connectivity index (χ3n) is 1.89. The molecule has 1 rings (SSSR count). The number of nitrogens with two attached hydrogens (primary N) is 1. The zero-order valence-electron chi connectivity index (χ0n) is 10.3. The Bertz CT molecular complexity index is 447. The van der Waals surface area contributed by atoms with Crippen LogP contribution in [0.15, 0.2) is 23.3 Å². The third-order valence-corrected chi connectivity index (χ3v) is 2.23. The van der Waals surface area contributed by atoms with Crippen LogP contribution >= 0.6 is 11.6 Å². The summed E-state index contributed by atoms with van der Waals surface area (Å²) in [5, 5.41) is 5.91. The smallest absolute Gasteiger partial charge is 0.318 e. The summed E-state index contributed by atoms with van der Waals surface area (Å²) in [7, 11) is 0. The highest BCUT2D eigenvalue weighted by atomic mass is 35.5. The number of halogens is 1. The maximum Gasteiger partial charge on any atom is 0.318 e. The molecule has 4 N–H and O–H groups in total. The van der Waals surface area contributed by atoms with Gasteiger partial charge in [0.1, 0.15) is 0 Å². The minimum absolute atomic E-state index is 0.120. The minimum atomic E-state index is -0.672. The number of nitrogens with zero attached hydrogens (tertiary/aromatic N) is 2. The molecule has 0 aliphatic heterocycles. The molecule has 0 aliphatic rings. The average Bonchev–Trinajstić information content (AvgIpc) is 2.26. The van der Waals surface area contributed by atoms with Gasteiger partial charge in [0.25, 0.3) is 0 Å². The van der Waals surface area contributed by atoms with Gasteiger partial charge in [-0.05, 0) is 26.0 Å². The molecule has 0 saturated heterocycles. The second-order valence-electron chi connectivity index (χ2n) is 3.89. The first-order valence-electron chi connectivity index (χ1n) is 5.46. The van der Waals surface area contributed by atoms with E-state index in [-0.39, 0.29) is 12.6 Å². The van der Waals surface area contributed by atoms with Crippen LogP contribution in [0.3, 0.4) is 0 Å². The van der Waals surface area contributed by atoms with Gasteiger partial charge in [-0.2, -0.15) is 0 Å². The number of hydrogen-bond acceptors (Lipinski definition) is 3. The van der Waals surface area contributed by atoms with Gasteiger partial charge in [-0.15, -0.1) is 0 Å². The zero-order chi connectivity index (χ0) is 13.5. The highest BCUT2D eigenvalue weighted by molar-refractivity contribution is 6.31. The summed E-state index contributed by atoms with van der Waals surface area (Å²) in [6.07, 6.45) is 1.63. The average molecular weight is 270 g/mol. The summed E-state index contributed by atoms with van der Waals surface area (Å²) < 4.78 is 0. The molecule has 0 aromatic carbocycles. The number of aromatic nitrogens is 1. The van der Waals surface area contributed by atoms with Crippen LogP contribution in [-0.4, -0.2) is 23.0 Å². The number of rotatable bonds is 3. The number of nitrogens with one attached hydrogen (secondary N) is 2. The summed E-state index contributed by atoms with van der Waals surface area (Å²) >= 11 is 5.95. The third kappa shape index (κ3) is 5.01. The summed E-state index contributed by atoms with van der Waals surface area (Å²) in [6, 6.07) is 2.92. The first-order chi connectivity index (χ1) is 8.49. The molecule has 1 aromatic heterocycles. The summed E-state index contributed by atoms with van der Waals surface area (Å²) in [5.74, 6) is 0.305. The van der Waals surface area contributed by atoms with Crippen molar-refractivity contribution in [3.8, 4) is 0 Å². The Kier molecular flexibility index (Phi) is 5.38. The van der Waals surface area contributed by atoms with Crippen molar-refractivity contribution < 1.29 is 4.79 Å². The Morgan fingerprint density at radius 1 is 1.61 bits per heavy atom. The summed E-state index contributed by atoms with van der Waals surface area (Å²) in [5.41, 5.74) is 5.69. The van der Waals surface area contributed by atoms with Gasteiger partial charge in [0, 0.05) is 12.2 Å². The maximum absolute atomic E-state index is 10.8. The Morgan fingerprint density at radius 2 is 2.33 bits per heavy atom. The van der Waals surface area contributed by atoms with Crippen molar-refractivity contribution in [3.05, 3.63) is 29.0 Å². The van der Waals surface area contributed by atoms with Crippen molar-refractivity contribution in [1.82, 2.24) is 15.6 Å². The van der Waals surface area contributed by atoms with Gasteiger partial charge in [-0.25, -0.2) is 9.79 Å². The molecule has 98 valence electrons. The van der Waals surface area contributed by atoms with Crippen molar-refractivity contribution in [2.45, 2.75) is 26.4 Å². The fraction of sp³-hybridized carbons (Fsp3) is 0.364. The van der Waals surface area contributed by atoms with E-state index in [0.717, 1.165) is 0 Å². The summed E-state index contributed by atoms with van der Waals surface area (Å²) in [6.45, 7) is 4.10. The van der Waals surface area contributed by atoms with Crippen LogP contribution in [0.25, 0.3) is 0 Å². The zero-order valence-corrected chi connectivity index (χ0v) is 11.0. The molecule has 0 saturated carbocycles. The van der Waals surface area contributed by atoms with Gasteiger partial charge in [0.2, 0.25) is 0 Å². The van der Waals surface area contributed by atoms with Crippen molar-refractivity contribution in [2.24, 2.45) is 10.7 Å². The van der Waals surface area contributed by atoms with E-state index < -0.39 is 6.03 Å². The number of carbonyl (C=O) groups excluding carboxylic acids is 1. The SMILES string of the molecule is CC(C)NC(=NCc1ncccc1Cl)NC(N)=O. The predicted octanol–water partition coefficient (Wildman–Crippen LogP) is 1.26.